The maximum atomic E-state index is 8.10. The molecular formula is C14H31N3S2. The summed E-state index contributed by atoms with van der Waals surface area (Å²) in [6.45, 7) is 13.6. The Morgan fingerprint density at radius 3 is 1.89 bits per heavy atom. The van der Waals surface area contributed by atoms with Gasteiger partial charge in [0.1, 0.15) is 0 Å². The quantitative estimate of drug-likeness (QED) is 0.332. The monoisotopic (exact) mass is 305 g/mol. The van der Waals surface area contributed by atoms with Crippen LogP contribution >= 0.6 is 22.5 Å². The standard InChI is InChI=1S/C14H31N3S2/c1-11(2,3)13(6,8-15)14(9-16,17-7)12(4,5)10-19-18/h9,16-18H,8,10,15H2,1-7H3. The van der Waals surface area contributed by atoms with Crippen molar-refractivity contribution in [2.45, 2.75) is 47.1 Å². The van der Waals surface area contributed by atoms with Crippen molar-refractivity contribution in [3.8, 4) is 0 Å². The molecule has 0 aromatic rings. The van der Waals surface area contributed by atoms with Crippen LogP contribution in [0.4, 0.5) is 0 Å². The largest absolute Gasteiger partial charge is 0.330 e. The first-order valence-electron chi connectivity index (χ1n) is 6.66. The molecule has 0 saturated carbocycles. The summed E-state index contributed by atoms with van der Waals surface area (Å²) >= 11 is 4.30. The van der Waals surface area contributed by atoms with E-state index in [2.05, 4.69) is 58.5 Å². The minimum atomic E-state index is -0.483. The minimum absolute atomic E-state index is 0.0269. The van der Waals surface area contributed by atoms with Gasteiger partial charge in [-0.15, -0.1) is 11.7 Å². The Kier molecular flexibility index (Phi) is 6.47. The van der Waals surface area contributed by atoms with Crippen molar-refractivity contribution in [3.05, 3.63) is 0 Å². The molecule has 0 saturated heterocycles. The molecule has 0 amide bonds. The number of rotatable bonds is 7. The molecule has 4 N–H and O–H groups in total. The van der Waals surface area contributed by atoms with Crippen LogP contribution in [0.5, 0.6) is 0 Å². The highest BCUT2D eigenvalue weighted by Gasteiger charge is 2.58. The van der Waals surface area contributed by atoms with Crippen molar-refractivity contribution in [2.24, 2.45) is 22.0 Å². The fourth-order valence-electron chi connectivity index (χ4n) is 3.12. The molecule has 0 spiro atoms. The van der Waals surface area contributed by atoms with E-state index >= 15 is 0 Å². The lowest BCUT2D eigenvalue weighted by Gasteiger charge is -2.60. The van der Waals surface area contributed by atoms with Crippen LogP contribution < -0.4 is 11.1 Å². The zero-order valence-electron chi connectivity index (χ0n) is 13.4. The van der Waals surface area contributed by atoms with Crippen molar-refractivity contribution >= 4 is 28.7 Å². The maximum absolute atomic E-state index is 8.10. The summed E-state index contributed by atoms with van der Waals surface area (Å²) in [6.07, 6.45) is 1.55. The van der Waals surface area contributed by atoms with Crippen molar-refractivity contribution < 1.29 is 0 Å². The summed E-state index contributed by atoms with van der Waals surface area (Å²) in [5, 5.41) is 11.5. The fourth-order valence-corrected chi connectivity index (χ4v) is 4.64. The van der Waals surface area contributed by atoms with Gasteiger partial charge in [-0.25, -0.2) is 0 Å². The SMILES string of the molecule is CNC(C=N)(C(C)(C)CSS)C(C)(CN)C(C)(C)C. The van der Waals surface area contributed by atoms with Gasteiger partial charge in [0.05, 0.1) is 5.54 Å². The summed E-state index contributed by atoms with van der Waals surface area (Å²) in [7, 11) is 3.44. The van der Waals surface area contributed by atoms with E-state index in [-0.39, 0.29) is 16.2 Å². The van der Waals surface area contributed by atoms with Crippen LogP contribution in [-0.4, -0.2) is 31.1 Å². The van der Waals surface area contributed by atoms with Crippen LogP contribution in [0.1, 0.15) is 41.5 Å². The smallest absolute Gasteiger partial charge is 0.0660 e. The molecule has 0 aliphatic heterocycles. The summed E-state index contributed by atoms with van der Waals surface area (Å²) < 4.78 is 0. The normalized spacial score (nSPS) is 19.6. The summed E-state index contributed by atoms with van der Waals surface area (Å²) in [6, 6.07) is 0. The zero-order valence-corrected chi connectivity index (χ0v) is 15.1. The molecule has 3 nitrogen and oxygen atoms in total. The van der Waals surface area contributed by atoms with Gasteiger partial charge in [-0.2, -0.15) is 0 Å². The third-order valence-corrected chi connectivity index (χ3v) is 6.28. The van der Waals surface area contributed by atoms with Gasteiger partial charge < -0.3 is 16.5 Å². The lowest BCUT2D eigenvalue weighted by atomic mass is 9.50. The molecular weight excluding hydrogens is 274 g/mol. The Morgan fingerprint density at radius 2 is 1.68 bits per heavy atom. The third kappa shape index (κ3) is 2.99. The van der Waals surface area contributed by atoms with Crippen LogP contribution in [0.3, 0.4) is 0 Å². The van der Waals surface area contributed by atoms with Gasteiger partial charge >= 0.3 is 0 Å². The van der Waals surface area contributed by atoms with Gasteiger partial charge in [0.2, 0.25) is 0 Å². The van der Waals surface area contributed by atoms with Crippen molar-refractivity contribution in [3.63, 3.8) is 0 Å². The molecule has 0 heterocycles. The maximum Gasteiger partial charge on any atom is 0.0660 e. The van der Waals surface area contributed by atoms with E-state index in [0.717, 1.165) is 5.75 Å². The topological polar surface area (TPSA) is 61.9 Å². The second-order valence-electron chi connectivity index (χ2n) is 7.15. The molecule has 2 unspecified atom stereocenters. The van der Waals surface area contributed by atoms with Crippen LogP contribution in [0, 0.1) is 21.7 Å². The molecule has 0 aliphatic rings. The second kappa shape index (κ2) is 6.37. The molecule has 19 heavy (non-hydrogen) atoms. The molecule has 0 radical (unpaired) electrons. The predicted molar refractivity (Wildman–Crippen MR) is 92.4 cm³/mol. The lowest BCUT2D eigenvalue weighted by molar-refractivity contribution is -0.0149. The number of thiol groups is 1. The van der Waals surface area contributed by atoms with Crippen molar-refractivity contribution in [1.29, 1.82) is 5.41 Å². The van der Waals surface area contributed by atoms with E-state index in [1.807, 2.05) is 7.05 Å². The number of nitrogens with two attached hydrogens (primary N) is 1. The molecule has 0 bridgehead atoms. The van der Waals surface area contributed by atoms with Crippen LogP contribution in [0.15, 0.2) is 0 Å². The van der Waals surface area contributed by atoms with Gasteiger partial charge in [-0.05, 0) is 17.9 Å². The zero-order chi connectivity index (χ0) is 15.5. The molecule has 0 aromatic carbocycles. The van der Waals surface area contributed by atoms with Gasteiger partial charge in [0, 0.05) is 23.9 Å². The van der Waals surface area contributed by atoms with Crippen molar-refractivity contribution in [2.75, 3.05) is 19.3 Å². The lowest BCUT2D eigenvalue weighted by Crippen LogP contribution is -2.71. The molecule has 0 aromatic heterocycles. The second-order valence-corrected chi connectivity index (χ2v) is 8.47. The van der Waals surface area contributed by atoms with Crippen LogP contribution in [0.25, 0.3) is 0 Å². The highest BCUT2D eigenvalue weighted by molar-refractivity contribution is 8.68. The molecule has 2 atom stereocenters. The summed E-state index contributed by atoms with van der Waals surface area (Å²) in [5.41, 5.74) is 5.26. The Morgan fingerprint density at radius 1 is 1.21 bits per heavy atom. The van der Waals surface area contributed by atoms with E-state index in [1.54, 1.807) is 6.21 Å². The minimum Gasteiger partial charge on any atom is -0.330 e. The Bertz CT molecular complexity index is 312. The first-order chi connectivity index (χ1) is 8.49. The fraction of sp³-hybridized carbons (Fsp3) is 0.929. The summed E-state index contributed by atoms with van der Waals surface area (Å²) in [5.74, 6) is 0.845. The molecule has 114 valence electrons. The highest BCUT2D eigenvalue weighted by atomic mass is 33.1. The van der Waals surface area contributed by atoms with E-state index in [1.165, 1.54) is 10.8 Å². The summed E-state index contributed by atoms with van der Waals surface area (Å²) in [4.78, 5) is 0. The van der Waals surface area contributed by atoms with E-state index in [9.17, 15) is 0 Å². The highest BCUT2D eigenvalue weighted by Crippen LogP contribution is 2.53. The third-order valence-electron chi connectivity index (χ3n) is 5.04. The van der Waals surface area contributed by atoms with Gasteiger partial charge in [0.15, 0.2) is 0 Å². The van der Waals surface area contributed by atoms with Gasteiger partial charge in [-0.1, -0.05) is 52.3 Å². The molecule has 0 aliphatic carbocycles. The van der Waals surface area contributed by atoms with Gasteiger partial charge in [0.25, 0.3) is 0 Å². The van der Waals surface area contributed by atoms with E-state index < -0.39 is 5.54 Å². The first kappa shape index (κ1) is 19.3. The molecule has 0 fully saturated rings. The van der Waals surface area contributed by atoms with E-state index in [4.69, 9.17) is 11.1 Å². The van der Waals surface area contributed by atoms with Crippen LogP contribution in [-0.2, 0) is 0 Å². The first-order valence-corrected chi connectivity index (χ1v) is 8.70. The van der Waals surface area contributed by atoms with E-state index in [0.29, 0.717) is 6.54 Å². The van der Waals surface area contributed by atoms with Gasteiger partial charge in [-0.3, -0.25) is 0 Å². The van der Waals surface area contributed by atoms with Crippen LogP contribution in [0.2, 0.25) is 0 Å². The molecule has 5 heteroatoms. The Labute approximate surface area is 128 Å². The predicted octanol–water partition coefficient (Wildman–Crippen LogP) is 3.21. The number of hydrogen-bond acceptors (Lipinski definition) is 5. The Balaban J connectivity index is 6.09. The average molecular weight is 306 g/mol. The number of hydrogen-bond donors (Lipinski definition) is 4. The Hall–Kier alpha value is 0.290. The number of nitrogens with one attached hydrogen (secondary N) is 2. The van der Waals surface area contributed by atoms with Crippen molar-refractivity contribution in [1.82, 2.24) is 5.32 Å². The molecule has 0 rings (SSSR count). The average Bonchev–Trinajstić information content (AvgIpc) is 2.28.